The Hall–Kier alpha value is -2.08. The molecule has 0 saturated heterocycles. The molecule has 0 spiro atoms. The standard InChI is InChI=1S/C13H16N2O4/c14-9-3-1-8(2-4-9)13(5-6-13)12(19)15-7-10(16)11(17)18/h1-4,10,16H,5-7,14H2,(H,15,19)(H,17,18)/t10-/m0/s1. The van der Waals surface area contributed by atoms with Gasteiger partial charge in [0.1, 0.15) is 0 Å². The average molecular weight is 264 g/mol. The van der Waals surface area contributed by atoms with E-state index in [2.05, 4.69) is 5.32 Å². The number of hydrogen-bond donors (Lipinski definition) is 4. The normalized spacial score (nSPS) is 17.5. The average Bonchev–Trinajstić information content (AvgIpc) is 3.17. The monoisotopic (exact) mass is 264 g/mol. The van der Waals surface area contributed by atoms with Gasteiger partial charge in [0.25, 0.3) is 0 Å². The number of nitrogens with two attached hydrogens (primary N) is 1. The molecule has 0 aromatic heterocycles. The lowest BCUT2D eigenvalue weighted by Gasteiger charge is -2.16. The van der Waals surface area contributed by atoms with Crippen LogP contribution in [0.5, 0.6) is 0 Å². The summed E-state index contributed by atoms with van der Waals surface area (Å²) in [5.74, 6) is -1.60. The van der Waals surface area contributed by atoms with Crippen molar-refractivity contribution in [3.63, 3.8) is 0 Å². The molecule has 1 aromatic rings. The van der Waals surface area contributed by atoms with Crippen LogP contribution in [0.1, 0.15) is 18.4 Å². The molecule has 0 bridgehead atoms. The van der Waals surface area contributed by atoms with Crippen LogP contribution in [0, 0.1) is 0 Å². The van der Waals surface area contributed by atoms with E-state index in [-0.39, 0.29) is 12.5 Å². The molecule has 0 aliphatic heterocycles. The second-order valence-corrected chi connectivity index (χ2v) is 4.77. The maximum Gasteiger partial charge on any atom is 0.334 e. The zero-order chi connectivity index (χ0) is 14.0. The molecule has 1 aliphatic carbocycles. The summed E-state index contributed by atoms with van der Waals surface area (Å²) in [7, 11) is 0. The van der Waals surface area contributed by atoms with E-state index >= 15 is 0 Å². The summed E-state index contributed by atoms with van der Waals surface area (Å²) in [4.78, 5) is 22.6. The minimum Gasteiger partial charge on any atom is -0.479 e. The van der Waals surface area contributed by atoms with Crippen molar-refractivity contribution in [2.45, 2.75) is 24.4 Å². The molecule has 1 aromatic carbocycles. The summed E-state index contributed by atoms with van der Waals surface area (Å²) in [6.45, 7) is -0.287. The Labute approximate surface area is 110 Å². The van der Waals surface area contributed by atoms with Gasteiger partial charge in [-0.1, -0.05) is 12.1 Å². The van der Waals surface area contributed by atoms with Crippen LogP contribution in [0.25, 0.3) is 0 Å². The van der Waals surface area contributed by atoms with E-state index in [4.69, 9.17) is 15.9 Å². The summed E-state index contributed by atoms with van der Waals surface area (Å²) in [6.07, 6.45) is -0.149. The number of carbonyl (C=O) groups excluding carboxylic acids is 1. The zero-order valence-electron chi connectivity index (χ0n) is 10.3. The third-order valence-electron chi connectivity index (χ3n) is 3.39. The number of aliphatic hydroxyl groups excluding tert-OH is 1. The van der Waals surface area contributed by atoms with E-state index in [1.165, 1.54) is 0 Å². The van der Waals surface area contributed by atoms with Crippen LogP contribution in [-0.2, 0) is 15.0 Å². The lowest BCUT2D eigenvalue weighted by Crippen LogP contribution is -2.41. The fraction of sp³-hybridized carbons (Fsp3) is 0.385. The zero-order valence-corrected chi connectivity index (χ0v) is 10.3. The Kier molecular flexibility index (Phi) is 3.44. The van der Waals surface area contributed by atoms with Gasteiger partial charge in [-0.3, -0.25) is 4.79 Å². The predicted molar refractivity (Wildman–Crippen MR) is 68.4 cm³/mol. The summed E-state index contributed by atoms with van der Waals surface area (Å²) in [6, 6.07) is 7.06. The van der Waals surface area contributed by atoms with Crippen LogP contribution in [0.15, 0.2) is 24.3 Å². The fourth-order valence-electron chi connectivity index (χ4n) is 2.02. The third kappa shape index (κ3) is 2.68. The molecule has 19 heavy (non-hydrogen) atoms. The molecule has 0 heterocycles. The Balaban J connectivity index is 2.02. The highest BCUT2D eigenvalue weighted by Gasteiger charge is 2.51. The number of carbonyl (C=O) groups is 2. The number of carboxylic acids is 1. The summed E-state index contributed by atoms with van der Waals surface area (Å²) < 4.78 is 0. The van der Waals surface area contributed by atoms with Crippen molar-refractivity contribution in [3.8, 4) is 0 Å². The minimum absolute atomic E-state index is 0.252. The minimum atomic E-state index is -1.58. The highest BCUT2D eigenvalue weighted by Crippen LogP contribution is 2.48. The smallest absolute Gasteiger partial charge is 0.334 e. The molecule has 102 valence electrons. The number of nitrogens with one attached hydrogen (secondary N) is 1. The highest BCUT2D eigenvalue weighted by molar-refractivity contribution is 5.91. The van der Waals surface area contributed by atoms with Gasteiger partial charge in [-0.25, -0.2) is 4.79 Å². The van der Waals surface area contributed by atoms with Crippen molar-refractivity contribution in [2.75, 3.05) is 12.3 Å². The largest absolute Gasteiger partial charge is 0.479 e. The van der Waals surface area contributed by atoms with Crippen LogP contribution in [0.3, 0.4) is 0 Å². The third-order valence-corrected chi connectivity index (χ3v) is 3.39. The topological polar surface area (TPSA) is 113 Å². The van der Waals surface area contributed by atoms with E-state index in [0.29, 0.717) is 18.5 Å². The SMILES string of the molecule is Nc1ccc(C2(C(=O)NC[C@H](O)C(=O)O)CC2)cc1. The van der Waals surface area contributed by atoms with Gasteiger partial charge in [0, 0.05) is 5.69 Å². The van der Waals surface area contributed by atoms with Crippen LogP contribution in [0.4, 0.5) is 5.69 Å². The van der Waals surface area contributed by atoms with Crippen molar-refractivity contribution in [3.05, 3.63) is 29.8 Å². The number of amides is 1. The maximum absolute atomic E-state index is 12.1. The molecule has 6 heteroatoms. The summed E-state index contributed by atoms with van der Waals surface area (Å²) in [5.41, 5.74) is 6.50. The van der Waals surface area contributed by atoms with E-state index < -0.39 is 17.5 Å². The quantitative estimate of drug-likeness (QED) is 0.553. The van der Waals surface area contributed by atoms with E-state index in [0.717, 1.165) is 5.56 Å². The van der Waals surface area contributed by atoms with Crippen molar-refractivity contribution < 1.29 is 19.8 Å². The molecular formula is C13H16N2O4. The van der Waals surface area contributed by atoms with Gasteiger partial charge < -0.3 is 21.3 Å². The Bertz CT molecular complexity index is 494. The molecular weight excluding hydrogens is 248 g/mol. The van der Waals surface area contributed by atoms with Crippen LogP contribution >= 0.6 is 0 Å². The molecule has 1 fully saturated rings. The second kappa shape index (κ2) is 4.89. The van der Waals surface area contributed by atoms with Gasteiger partial charge in [0.15, 0.2) is 6.10 Å². The van der Waals surface area contributed by atoms with Gasteiger partial charge >= 0.3 is 5.97 Å². The molecule has 2 rings (SSSR count). The maximum atomic E-state index is 12.1. The number of carboxylic acid groups (broad SMARTS) is 1. The van der Waals surface area contributed by atoms with Crippen LogP contribution in [-0.4, -0.2) is 34.7 Å². The molecule has 1 amide bonds. The molecule has 1 aliphatic rings. The first kappa shape index (κ1) is 13.4. The number of rotatable bonds is 5. The first-order chi connectivity index (χ1) is 8.95. The molecule has 6 nitrogen and oxygen atoms in total. The highest BCUT2D eigenvalue weighted by atomic mass is 16.4. The Morgan fingerprint density at radius 3 is 2.37 bits per heavy atom. The first-order valence-corrected chi connectivity index (χ1v) is 6.01. The fourth-order valence-corrected chi connectivity index (χ4v) is 2.02. The van der Waals surface area contributed by atoms with Gasteiger partial charge in [0.2, 0.25) is 5.91 Å². The van der Waals surface area contributed by atoms with Crippen molar-refractivity contribution >= 4 is 17.6 Å². The molecule has 1 saturated carbocycles. The molecule has 0 unspecified atom stereocenters. The van der Waals surface area contributed by atoms with Gasteiger partial charge in [-0.2, -0.15) is 0 Å². The van der Waals surface area contributed by atoms with Gasteiger partial charge in [-0.05, 0) is 30.5 Å². The van der Waals surface area contributed by atoms with Crippen molar-refractivity contribution in [1.82, 2.24) is 5.32 Å². The number of hydrogen-bond acceptors (Lipinski definition) is 4. The number of anilines is 1. The number of aliphatic hydroxyl groups is 1. The van der Waals surface area contributed by atoms with Crippen LogP contribution < -0.4 is 11.1 Å². The van der Waals surface area contributed by atoms with E-state index in [9.17, 15) is 9.59 Å². The number of nitrogen functional groups attached to an aromatic ring is 1. The Morgan fingerprint density at radius 2 is 1.89 bits per heavy atom. The first-order valence-electron chi connectivity index (χ1n) is 6.01. The van der Waals surface area contributed by atoms with Gasteiger partial charge in [-0.15, -0.1) is 0 Å². The van der Waals surface area contributed by atoms with Crippen LogP contribution in [0.2, 0.25) is 0 Å². The number of aliphatic carboxylic acids is 1. The second-order valence-electron chi connectivity index (χ2n) is 4.77. The molecule has 0 radical (unpaired) electrons. The summed E-state index contributed by atoms with van der Waals surface area (Å²) in [5, 5.41) is 20.2. The Morgan fingerprint density at radius 1 is 1.32 bits per heavy atom. The molecule has 5 N–H and O–H groups in total. The summed E-state index contributed by atoms with van der Waals surface area (Å²) >= 11 is 0. The van der Waals surface area contributed by atoms with E-state index in [1.54, 1.807) is 24.3 Å². The lowest BCUT2D eigenvalue weighted by atomic mass is 9.94. The van der Waals surface area contributed by atoms with Crippen molar-refractivity contribution in [1.29, 1.82) is 0 Å². The molecule has 1 atom stereocenters. The van der Waals surface area contributed by atoms with Crippen molar-refractivity contribution in [2.24, 2.45) is 0 Å². The van der Waals surface area contributed by atoms with Gasteiger partial charge in [0.05, 0.1) is 12.0 Å². The number of benzene rings is 1. The predicted octanol–water partition coefficient (Wildman–Crippen LogP) is -0.138. The van der Waals surface area contributed by atoms with E-state index in [1.807, 2.05) is 0 Å². The lowest BCUT2D eigenvalue weighted by molar-refractivity contribution is -0.146.